The molecule has 208 valence electrons. The number of methoxy groups -OCH3 is 2. The molecule has 0 aliphatic rings. The van der Waals surface area contributed by atoms with Crippen LogP contribution in [0.5, 0.6) is 16.7 Å². The van der Waals surface area contributed by atoms with Crippen LogP contribution < -0.4 is 19.1 Å². The van der Waals surface area contributed by atoms with E-state index in [2.05, 4.69) is 10.1 Å². The Morgan fingerprint density at radius 3 is 2.61 bits per heavy atom. The molecule has 0 atom stereocenters. The van der Waals surface area contributed by atoms with Gasteiger partial charge in [0, 0.05) is 43.9 Å². The van der Waals surface area contributed by atoms with Crippen LogP contribution in [0.2, 0.25) is 0 Å². The molecule has 0 aliphatic carbocycles. The second-order valence-corrected chi connectivity index (χ2v) is 10.6. The van der Waals surface area contributed by atoms with Crippen molar-refractivity contribution in [3.8, 4) is 28.1 Å². The number of fused-ring (bicyclic) bond motifs is 2. The average molecular weight is 569 g/mol. The third-order valence-corrected chi connectivity index (χ3v) is 7.58. The molecular formula is C31H28N4O5S. The number of imidazole rings is 1. The summed E-state index contributed by atoms with van der Waals surface area (Å²) in [6.45, 7) is 0.310. The van der Waals surface area contributed by atoms with E-state index >= 15 is 0 Å². The highest BCUT2D eigenvalue weighted by Crippen LogP contribution is 2.37. The number of ether oxygens (including phenoxy) is 3. The third kappa shape index (κ3) is 5.46. The summed E-state index contributed by atoms with van der Waals surface area (Å²) >= 11 is 1.35. The van der Waals surface area contributed by atoms with E-state index in [4.69, 9.17) is 18.6 Å². The second-order valence-electron chi connectivity index (χ2n) is 9.73. The number of anilines is 1. The Bertz CT molecular complexity index is 1840. The molecule has 0 spiro atoms. The molecule has 0 aliphatic heterocycles. The normalized spacial score (nSPS) is 11.2. The van der Waals surface area contributed by atoms with Crippen molar-refractivity contribution in [3.05, 3.63) is 89.6 Å². The van der Waals surface area contributed by atoms with Gasteiger partial charge in [0.25, 0.3) is 5.19 Å². The lowest BCUT2D eigenvalue weighted by Crippen LogP contribution is -2.10. The molecule has 10 heteroatoms. The number of aromatic nitrogens is 3. The van der Waals surface area contributed by atoms with Gasteiger partial charge in [-0.3, -0.25) is 4.79 Å². The highest BCUT2D eigenvalue weighted by molar-refractivity contribution is 7.18. The van der Waals surface area contributed by atoms with Crippen molar-refractivity contribution < 1.29 is 23.4 Å². The molecule has 3 aromatic carbocycles. The molecule has 3 aromatic heterocycles. The predicted molar refractivity (Wildman–Crippen MR) is 159 cm³/mol. The highest BCUT2D eigenvalue weighted by Gasteiger charge is 2.17. The fourth-order valence-electron chi connectivity index (χ4n) is 4.56. The number of carbonyl (C=O) groups is 1. The number of carbonyl (C=O) groups excluding carboxylic acids is 1. The van der Waals surface area contributed by atoms with E-state index in [0.717, 1.165) is 22.2 Å². The first-order valence-corrected chi connectivity index (χ1v) is 13.7. The number of hydrogen-bond acceptors (Lipinski definition) is 9. The van der Waals surface area contributed by atoms with Gasteiger partial charge in [0.15, 0.2) is 11.5 Å². The minimum atomic E-state index is 0.0694. The molecule has 41 heavy (non-hydrogen) atoms. The van der Waals surface area contributed by atoms with E-state index in [1.165, 1.54) is 11.3 Å². The monoisotopic (exact) mass is 568 g/mol. The van der Waals surface area contributed by atoms with Crippen molar-refractivity contribution in [3.63, 3.8) is 0 Å². The summed E-state index contributed by atoms with van der Waals surface area (Å²) in [5.41, 5.74) is 4.84. The van der Waals surface area contributed by atoms with Gasteiger partial charge in [0.1, 0.15) is 29.4 Å². The van der Waals surface area contributed by atoms with Gasteiger partial charge in [-0.05, 0) is 40.7 Å². The second kappa shape index (κ2) is 11.0. The SMILES string of the molecule is COc1cc(OCc2cccc(CC(=O)c3cccc(N(C)C)c3)c2)c2cc(-c3cn4nc(OC)sc4n3)oc2c1. The van der Waals surface area contributed by atoms with Gasteiger partial charge >= 0.3 is 0 Å². The Kier molecular flexibility index (Phi) is 7.07. The lowest BCUT2D eigenvalue weighted by atomic mass is 10.0. The molecule has 0 radical (unpaired) electrons. The molecule has 0 bridgehead atoms. The number of benzene rings is 3. The Labute approximate surface area is 240 Å². The van der Waals surface area contributed by atoms with Gasteiger partial charge < -0.3 is 23.5 Å². The molecule has 0 N–H and O–H groups in total. The van der Waals surface area contributed by atoms with Gasteiger partial charge in [-0.2, -0.15) is 0 Å². The maximum absolute atomic E-state index is 13.0. The summed E-state index contributed by atoms with van der Waals surface area (Å²) in [4.78, 5) is 20.3. The van der Waals surface area contributed by atoms with Crippen LogP contribution in [-0.4, -0.2) is 48.7 Å². The van der Waals surface area contributed by atoms with Crippen LogP contribution in [0.15, 0.2) is 77.3 Å². The first-order valence-electron chi connectivity index (χ1n) is 12.9. The van der Waals surface area contributed by atoms with Gasteiger partial charge in [-0.15, -0.1) is 5.10 Å². The summed E-state index contributed by atoms with van der Waals surface area (Å²) in [5, 5.41) is 5.67. The van der Waals surface area contributed by atoms with Crippen molar-refractivity contribution in [2.24, 2.45) is 0 Å². The molecule has 0 saturated carbocycles. The zero-order valence-electron chi connectivity index (χ0n) is 23.1. The van der Waals surface area contributed by atoms with E-state index in [0.29, 0.717) is 57.3 Å². The number of ketones is 1. The molecule has 0 amide bonds. The lowest BCUT2D eigenvalue weighted by molar-refractivity contribution is 0.0993. The van der Waals surface area contributed by atoms with Gasteiger partial charge in [-0.25, -0.2) is 9.50 Å². The van der Waals surface area contributed by atoms with Crippen molar-refractivity contribution in [2.75, 3.05) is 33.2 Å². The minimum Gasteiger partial charge on any atom is -0.496 e. The van der Waals surface area contributed by atoms with Crippen LogP contribution >= 0.6 is 11.3 Å². The molecule has 3 heterocycles. The minimum absolute atomic E-state index is 0.0694. The Morgan fingerprint density at radius 2 is 1.83 bits per heavy atom. The highest BCUT2D eigenvalue weighted by atomic mass is 32.1. The molecule has 0 unspecified atom stereocenters. The molecule has 0 fully saturated rings. The Morgan fingerprint density at radius 1 is 1.00 bits per heavy atom. The maximum Gasteiger partial charge on any atom is 0.294 e. The maximum atomic E-state index is 13.0. The van der Waals surface area contributed by atoms with Crippen molar-refractivity contribution >= 4 is 38.7 Å². The standard InChI is InChI=1S/C31H28N4O5S/c1-34(2)22-10-6-9-21(13-22)26(36)12-19-7-5-8-20(11-19)18-39-27-14-23(37-3)15-28-24(27)16-29(40-28)25-17-35-30(32-25)41-31(33-35)38-4/h5-11,13-17H,12,18H2,1-4H3. The van der Waals surface area contributed by atoms with Gasteiger partial charge in [-0.1, -0.05) is 36.4 Å². The van der Waals surface area contributed by atoms with Gasteiger partial charge in [0.05, 0.1) is 25.8 Å². The van der Waals surface area contributed by atoms with E-state index < -0.39 is 0 Å². The van der Waals surface area contributed by atoms with Gasteiger partial charge in [0.2, 0.25) is 4.96 Å². The molecule has 6 rings (SSSR count). The summed E-state index contributed by atoms with van der Waals surface area (Å²) < 4.78 is 24.8. The molecule has 0 saturated heterocycles. The first kappa shape index (κ1) is 26.4. The topological polar surface area (TPSA) is 91.3 Å². The van der Waals surface area contributed by atoms with Crippen molar-refractivity contribution in [2.45, 2.75) is 13.0 Å². The first-order chi connectivity index (χ1) is 19.9. The van der Waals surface area contributed by atoms with E-state index in [9.17, 15) is 4.79 Å². The summed E-state index contributed by atoms with van der Waals surface area (Å²) in [7, 11) is 7.10. The summed E-state index contributed by atoms with van der Waals surface area (Å²) in [6.07, 6.45) is 2.11. The number of rotatable bonds is 10. The average Bonchev–Trinajstić information content (AvgIpc) is 3.69. The largest absolute Gasteiger partial charge is 0.496 e. The zero-order valence-corrected chi connectivity index (χ0v) is 23.9. The fraction of sp³-hybridized carbons (Fsp3) is 0.194. The zero-order chi connectivity index (χ0) is 28.5. The molecule has 6 aromatic rings. The number of nitrogens with zero attached hydrogens (tertiary/aromatic N) is 4. The van der Waals surface area contributed by atoms with E-state index in [-0.39, 0.29) is 5.78 Å². The van der Waals surface area contributed by atoms with Crippen LogP contribution in [0.25, 0.3) is 27.4 Å². The van der Waals surface area contributed by atoms with E-state index in [1.807, 2.05) is 85.7 Å². The summed E-state index contributed by atoms with van der Waals surface area (Å²) in [5.74, 6) is 1.90. The Hall–Kier alpha value is -4.83. The fourth-order valence-corrected chi connectivity index (χ4v) is 5.26. The van der Waals surface area contributed by atoms with Crippen molar-refractivity contribution in [1.82, 2.24) is 14.6 Å². The van der Waals surface area contributed by atoms with Crippen LogP contribution in [-0.2, 0) is 13.0 Å². The van der Waals surface area contributed by atoms with E-state index in [1.54, 1.807) is 24.9 Å². The molecular weight excluding hydrogens is 540 g/mol. The van der Waals surface area contributed by atoms with Crippen LogP contribution in [0.1, 0.15) is 21.5 Å². The quantitative estimate of drug-likeness (QED) is 0.178. The molecule has 9 nitrogen and oxygen atoms in total. The number of hydrogen-bond donors (Lipinski definition) is 0. The van der Waals surface area contributed by atoms with Crippen LogP contribution in [0, 0.1) is 0 Å². The lowest BCUT2D eigenvalue weighted by Gasteiger charge is -2.13. The predicted octanol–water partition coefficient (Wildman–Crippen LogP) is 6.29. The van der Waals surface area contributed by atoms with Crippen LogP contribution in [0.3, 0.4) is 0 Å². The number of furan rings is 1. The smallest absolute Gasteiger partial charge is 0.294 e. The third-order valence-electron chi connectivity index (χ3n) is 6.70. The Balaban J connectivity index is 1.21. The van der Waals surface area contributed by atoms with Crippen LogP contribution in [0.4, 0.5) is 5.69 Å². The number of Topliss-reactive ketones (excluding diaryl/α,β-unsaturated/α-hetero) is 1. The van der Waals surface area contributed by atoms with Crippen molar-refractivity contribution in [1.29, 1.82) is 0 Å². The summed E-state index contributed by atoms with van der Waals surface area (Å²) in [6, 6.07) is 21.1.